The number of aldehydes is 1. The Morgan fingerprint density at radius 1 is 1.73 bits per heavy atom. The van der Waals surface area contributed by atoms with E-state index < -0.39 is 0 Å². The van der Waals surface area contributed by atoms with Crippen LogP contribution in [0.5, 0.6) is 0 Å². The molecule has 1 heterocycles. The smallest absolute Gasteiger partial charge is 0.168 e. The minimum Gasteiger partial charge on any atom is -0.328 e. The Kier molecular flexibility index (Phi) is 1.49. The fourth-order valence-electron chi connectivity index (χ4n) is 1.16. The summed E-state index contributed by atoms with van der Waals surface area (Å²) in [6, 6.07) is 0. The molecule has 1 fully saturated rings. The standard InChI is InChI=1S/C8H10N2O/c11-5-8-3-9-6-10(8)4-7-1-2-7/h3,5-7H,1-2,4H2. The van der Waals surface area contributed by atoms with Crippen molar-refractivity contribution in [3.05, 3.63) is 18.2 Å². The zero-order valence-corrected chi connectivity index (χ0v) is 6.23. The van der Waals surface area contributed by atoms with Crippen LogP contribution in [-0.2, 0) is 6.54 Å². The summed E-state index contributed by atoms with van der Waals surface area (Å²) in [5.41, 5.74) is 0.692. The summed E-state index contributed by atoms with van der Waals surface area (Å²) in [5, 5.41) is 0. The Bertz CT molecular complexity index is 263. The SMILES string of the molecule is O=Cc1cncn1CC1CC1. The quantitative estimate of drug-likeness (QED) is 0.605. The number of imidazole rings is 1. The van der Waals surface area contributed by atoms with Gasteiger partial charge < -0.3 is 4.57 Å². The largest absolute Gasteiger partial charge is 0.328 e. The molecule has 0 spiro atoms. The van der Waals surface area contributed by atoms with Crippen molar-refractivity contribution in [2.75, 3.05) is 0 Å². The highest BCUT2D eigenvalue weighted by Crippen LogP contribution is 2.30. The summed E-state index contributed by atoms with van der Waals surface area (Å²) >= 11 is 0. The lowest BCUT2D eigenvalue weighted by Crippen LogP contribution is -2.01. The maximum atomic E-state index is 10.4. The van der Waals surface area contributed by atoms with Crippen LogP contribution < -0.4 is 0 Å². The van der Waals surface area contributed by atoms with E-state index in [2.05, 4.69) is 4.98 Å². The van der Waals surface area contributed by atoms with E-state index in [0.29, 0.717) is 5.69 Å². The summed E-state index contributed by atoms with van der Waals surface area (Å²) in [4.78, 5) is 14.3. The van der Waals surface area contributed by atoms with Gasteiger partial charge in [-0.1, -0.05) is 0 Å². The van der Waals surface area contributed by atoms with E-state index in [4.69, 9.17) is 0 Å². The van der Waals surface area contributed by atoms with Crippen molar-refractivity contribution in [1.29, 1.82) is 0 Å². The first kappa shape index (κ1) is 6.58. The Labute approximate surface area is 65.1 Å². The molecule has 0 amide bonds. The Morgan fingerprint density at radius 3 is 3.18 bits per heavy atom. The first-order valence-electron chi connectivity index (χ1n) is 3.85. The minimum absolute atomic E-state index is 0.692. The summed E-state index contributed by atoms with van der Waals surface area (Å²) in [6.07, 6.45) is 6.79. The molecule has 2 rings (SSSR count). The summed E-state index contributed by atoms with van der Waals surface area (Å²) in [5.74, 6) is 0.794. The van der Waals surface area contributed by atoms with E-state index in [0.717, 1.165) is 18.7 Å². The van der Waals surface area contributed by atoms with Gasteiger partial charge in [-0.25, -0.2) is 4.98 Å². The molecule has 0 N–H and O–H groups in total. The lowest BCUT2D eigenvalue weighted by Gasteiger charge is -2.00. The second-order valence-corrected chi connectivity index (χ2v) is 3.03. The molecule has 0 saturated heterocycles. The van der Waals surface area contributed by atoms with E-state index in [-0.39, 0.29) is 0 Å². The zero-order valence-electron chi connectivity index (χ0n) is 6.23. The summed E-state index contributed by atoms with van der Waals surface area (Å²) in [7, 11) is 0. The maximum Gasteiger partial charge on any atom is 0.168 e. The van der Waals surface area contributed by atoms with Crippen LogP contribution in [0.15, 0.2) is 12.5 Å². The number of nitrogens with zero attached hydrogens (tertiary/aromatic N) is 2. The maximum absolute atomic E-state index is 10.4. The molecule has 1 saturated carbocycles. The first-order valence-corrected chi connectivity index (χ1v) is 3.85. The molecular formula is C8H10N2O. The number of hydrogen-bond acceptors (Lipinski definition) is 2. The molecule has 11 heavy (non-hydrogen) atoms. The molecule has 1 aliphatic carbocycles. The van der Waals surface area contributed by atoms with Crippen molar-refractivity contribution < 1.29 is 4.79 Å². The van der Waals surface area contributed by atoms with Crippen molar-refractivity contribution >= 4 is 6.29 Å². The summed E-state index contributed by atoms with van der Waals surface area (Å²) < 4.78 is 1.92. The molecule has 0 aromatic carbocycles. The predicted octanol–water partition coefficient (Wildman–Crippen LogP) is 1.11. The lowest BCUT2D eigenvalue weighted by molar-refractivity contribution is 0.111. The second-order valence-electron chi connectivity index (χ2n) is 3.03. The normalized spacial score (nSPS) is 16.7. The summed E-state index contributed by atoms with van der Waals surface area (Å²) in [6.45, 7) is 0.966. The first-order chi connectivity index (χ1) is 5.40. The van der Waals surface area contributed by atoms with Gasteiger partial charge in [-0.05, 0) is 18.8 Å². The van der Waals surface area contributed by atoms with Crippen molar-refractivity contribution in [2.24, 2.45) is 5.92 Å². The molecule has 1 aliphatic rings. The van der Waals surface area contributed by atoms with E-state index in [1.807, 2.05) is 4.57 Å². The van der Waals surface area contributed by atoms with Gasteiger partial charge in [0.15, 0.2) is 6.29 Å². The second kappa shape index (κ2) is 2.49. The number of carbonyl (C=O) groups is 1. The highest BCUT2D eigenvalue weighted by atomic mass is 16.1. The van der Waals surface area contributed by atoms with Crippen molar-refractivity contribution in [3.8, 4) is 0 Å². The monoisotopic (exact) mass is 150 g/mol. The van der Waals surface area contributed by atoms with Crippen LogP contribution in [0.4, 0.5) is 0 Å². The van der Waals surface area contributed by atoms with Crippen LogP contribution in [0.25, 0.3) is 0 Å². The van der Waals surface area contributed by atoms with E-state index >= 15 is 0 Å². The third-order valence-corrected chi connectivity index (χ3v) is 2.02. The molecular weight excluding hydrogens is 140 g/mol. The fourth-order valence-corrected chi connectivity index (χ4v) is 1.16. The highest BCUT2D eigenvalue weighted by molar-refractivity contribution is 5.71. The van der Waals surface area contributed by atoms with Gasteiger partial charge in [0.05, 0.1) is 12.5 Å². The lowest BCUT2D eigenvalue weighted by atomic mass is 10.4. The highest BCUT2D eigenvalue weighted by Gasteiger charge is 2.22. The van der Waals surface area contributed by atoms with Gasteiger partial charge in [0.2, 0.25) is 0 Å². The Hall–Kier alpha value is -1.12. The van der Waals surface area contributed by atoms with Crippen molar-refractivity contribution in [3.63, 3.8) is 0 Å². The van der Waals surface area contributed by atoms with Crippen molar-refractivity contribution in [1.82, 2.24) is 9.55 Å². The van der Waals surface area contributed by atoms with Gasteiger partial charge in [-0.2, -0.15) is 0 Å². The van der Waals surface area contributed by atoms with Gasteiger partial charge in [0.1, 0.15) is 5.69 Å². The van der Waals surface area contributed by atoms with Crippen LogP contribution >= 0.6 is 0 Å². The van der Waals surface area contributed by atoms with Crippen LogP contribution in [0.3, 0.4) is 0 Å². The molecule has 58 valence electrons. The molecule has 0 aliphatic heterocycles. The molecule has 0 bridgehead atoms. The molecule has 0 unspecified atom stereocenters. The third kappa shape index (κ3) is 1.31. The van der Waals surface area contributed by atoms with Crippen LogP contribution in [0, 0.1) is 5.92 Å². The number of rotatable bonds is 3. The van der Waals surface area contributed by atoms with Gasteiger partial charge in [-0.15, -0.1) is 0 Å². The van der Waals surface area contributed by atoms with Gasteiger partial charge in [-0.3, -0.25) is 4.79 Å². The number of carbonyl (C=O) groups excluding carboxylic acids is 1. The van der Waals surface area contributed by atoms with Gasteiger partial charge in [0, 0.05) is 6.54 Å². The van der Waals surface area contributed by atoms with E-state index in [9.17, 15) is 4.79 Å². The van der Waals surface area contributed by atoms with Crippen molar-refractivity contribution in [2.45, 2.75) is 19.4 Å². The Balaban J connectivity index is 2.13. The molecule has 3 nitrogen and oxygen atoms in total. The van der Waals surface area contributed by atoms with E-state index in [1.54, 1.807) is 12.5 Å². The average molecular weight is 150 g/mol. The van der Waals surface area contributed by atoms with Crippen LogP contribution in [0.1, 0.15) is 23.3 Å². The Morgan fingerprint density at radius 2 is 2.55 bits per heavy atom. The third-order valence-electron chi connectivity index (χ3n) is 2.02. The molecule has 1 aromatic heterocycles. The molecule has 3 heteroatoms. The van der Waals surface area contributed by atoms with Gasteiger partial charge in [0.25, 0.3) is 0 Å². The molecule has 0 radical (unpaired) electrons. The minimum atomic E-state index is 0.692. The van der Waals surface area contributed by atoms with Crippen LogP contribution in [-0.4, -0.2) is 15.8 Å². The van der Waals surface area contributed by atoms with E-state index in [1.165, 1.54) is 12.8 Å². The number of hydrogen-bond donors (Lipinski definition) is 0. The van der Waals surface area contributed by atoms with Gasteiger partial charge >= 0.3 is 0 Å². The predicted molar refractivity (Wildman–Crippen MR) is 40.3 cm³/mol. The molecule has 0 atom stereocenters. The topological polar surface area (TPSA) is 34.9 Å². The molecule has 1 aromatic rings. The fraction of sp³-hybridized carbons (Fsp3) is 0.500. The van der Waals surface area contributed by atoms with Crippen LogP contribution in [0.2, 0.25) is 0 Å². The zero-order chi connectivity index (χ0) is 7.68. The number of aromatic nitrogens is 2. The average Bonchev–Trinajstić information content (AvgIpc) is 2.68.